The normalized spacial score (nSPS) is 11.5. The quantitative estimate of drug-likeness (QED) is 0.639. The zero-order valence-corrected chi connectivity index (χ0v) is 13.8. The molecule has 0 spiro atoms. The van der Waals surface area contributed by atoms with E-state index < -0.39 is 5.60 Å². The Hall–Kier alpha value is -1.89. The Morgan fingerprint density at radius 1 is 1.27 bits per heavy atom. The molecule has 0 N–H and O–H groups in total. The predicted molar refractivity (Wildman–Crippen MR) is 83.0 cm³/mol. The Bertz CT molecular complexity index is 662. The Kier molecular flexibility index (Phi) is 4.85. The number of halogens is 1. The molecule has 0 aliphatic carbocycles. The monoisotopic (exact) mass is 323 g/mol. The summed E-state index contributed by atoms with van der Waals surface area (Å²) in [4.78, 5) is 11.7. The minimum atomic E-state index is -0.503. The van der Waals surface area contributed by atoms with Crippen molar-refractivity contribution in [3.05, 3.63) is 30.1 Å². The van der Waals surface area contributed by atoms with E-state index in [0.717, 1.165) is 5.56 Å². The molecule has 0 amide bonds. The minimum Gasteiger partial charge on any atom is -0.459 e. The molecule has 0 saturated heterocycles. The van der Waals surface area contributed by atoms with E-state index in [2.05, 4.69) is 10.2 Å². The number of aromatic nitrogens is 3. The molecule has 7 heteroatoms. The Labute approximate surface area is 132 Å². The Morgan fingerprint density at radius 3 is 2.50 bits per heavy atom. The van der Waals surface area contributed by atoms with Crippen LogP contribution in [0.15, 0.2) is 29.4 Å². The van der Waals surface area contributed by atoms with Crippen molar-refractivity contribution in [2.45, 2.75) is 31.5 Å². The zero-order chi connectivity index (χ0) is 16.3. The van der Waals surface area contributed by atoms with Crippen LogP contribution >= 0.6 is 11.8 Å². The smallest absolute Gasteiger partial charge is 0.316 e. The molecule has 0 saturated carbocycles. The fraction of sp³-hybridized carbons (Fsp3) is 0.400. The lowest BCUT2D eigenvalue weighted by Crippen LogP contribution is -2.25. The molecule has 22 heavy (non-hydrogen) atoms. The molecule has 0 unspecified atom stereocenters. The van der Waals surface area contributed by atoms with Gasteiger partial charge in [0.1, 0.15) is 11.4 Å². The van der Waals surface area contributed by atoms with E-state index in [-0.39, 0.29) is 17.5 Å². The van der Waals surface area contributed by atoms with Gasteiger partial charge in [0.25, 0.3) is 0 Å². The molecule has 2 rings (SSSR count). The van der Waals surface area contributed by atoms with E-state index in [1.165, 1.54) is 23.9 Å². The van der Waals surface area contributed by atoms with Crippen LogP contribution in [0.1, 0.15) is 20.8 Å². The van der Waals surface area contributed by atoms with Gasteiger partial charge in [-0.1, -0.05) is 11.8 Å². The van der Waals surface area contributed by atoms with Crippen LogP contribution in [0.5, 0.6) is 0 Å². The third-order valence-corrected chi connectivity index (χ3v) is 3.67. The van der Waals surface area contributed by atoms with E-state index in [4.69, 9.17) is 4.74 Å². The van der Waals surface area contributed by atoms with Crippen molar-refractivity contribution in [1.29, 1.82) is 0 Å². The number of esters is 1. The lowest BCUT2D eigenvalue weighted by atomic mass is 10.2. The lowest BCUT2D eigenvalue weighted by molar-refractivity contribution is -0.151. The summed E-state index contributed by atoms with van der Waals surface area (Å²) >= 11 is 1.26. The summed E-state index contributed by atoms with van der Waals surface area (Å²) in [6.45, 7) is 5.47. The van der Waals surface area contributed by atoms with Crippen LogP contribution in [0.4, 0.5) is 4.39 Å². The van der Waals surface area contributed by atoms with Gasteiger partial charge >= 0.3 is 5.97 Å². The second-order valence-corrected chi connectivity index (χ2v) is 6.69. The van der Waals surface area contributed by atoms with Crippen LogP contribution in [-0.4, -0.2) is 32.1 Å². The fourth-order valence-corrected chi connectivity index (χ4v) is 2.47. The maximum atomic E-state index is 13.0. The maximum absolute atomic E-state index is 13.0. The van der Waals surface area contributed by atoms with Gasteiger partial charge in [0, 0.05) is 12.6 Å². The van der Waals surface area contributed by atoms with Crippen molar-refractivity contribution in [2.24, 2.45) is 7.05 Å². The molecular formula is C15H18FN3O2S. The Morgan fingerprint density at radius 2 is 1.91 bits per heavy atom. The molecular weight excluding hydrogens is 305 g/mol. The van der Waals surface area contributed by atoms with Crippen molar-refractivity contribution < 1.29 is 13.9 Å². The second-order valence-electron chi connectivity index (χ2n) is 5.75. The van der Waals surface area contributed by atoms with Gasteiger partial charge in [0.2, 0.25) is 0 Å². The molecule has 2 aromatic rings. The molecule has 0 radical (unpaired) electrons. The number of carbonyl (C=O) groups excluding carboxylic acids is 1. The number of hydrogen-bond donors (Lipinski definition) is 0. The van der Waals surface area contributed by atoms with E-state index in [0.29, 0.717) is 11.0 Å². The first-order valence-electron chi connectivity index (χ1n) is 6.76. The molecule has 0 bridgehead atoms. The summed E-state index contributed by atoms with van der Waals surface area (Å²) in [6.07, 6.45) is 0. The van der Waals surface area contributed by atoms with Gasteiger partial charge in [-0.3, -0.25) is 4.79 Å². The first-order chi connectivity index (χ1) is 10.3. The van der Waals surface area contributed by atoms with Gasteiger partial charge in [0.15, 0.2) is 11.0 Å². The van der Waals surface area contributed by atoms with E-state index in [1.54, 1.807) is 23.7 Å². The summed E-state index contributed by atoms with van der Waals surface area (Å²) in [6, 6.07) is 6.03. The van der Waals surface area contributed by atoms with Gasteiger partial charge in [-0.05, 0) is 45.0 Å². The molecule has 1 aromatic heterocycles. The average Bonchev–Trinajstić information content (AvgIpc) is 2.77. The van der Waals surface area contributed by atoms with Gasteiger partial charge < -0.3 is 9.30 Å². The highest BCUT2D eigenvalue weighted by Gasteiger charge is 2.18. The number of carbonyl (C=O) groups is 1. The summed E-state index contributed by atoms with van der Waals surface area (Å²) < 4.78 is 20.0. The highest BCUT2D eigenvalue weighted by Crippen LogP contribution is 2.23. The van der Waals surface area contributed by atoms with E-state index in [1.807, 2.05) is 20.8 Å². The molecule has 0 aliphatic heterocycles. The van der Waals surface area contributed by atoms with Crippen molar-refractivity contribution >= 4 is 17.7 Å². The van der Waals surface area contributed by atoms with Crippen LogP contribution in [-0.2, 0) is 16.6 Å². The standard InChI is InChI=1S/C15H18FN3O2S/c1-15(2,3)21-12(20)9-22-14-18-17-13(19(14)4)10-5-7-11(16)8-6-10/h5-8H,9H2,1-4H3. The maximum Gasteiger partial charge on any atom is 0.316 e. The highest BCUT2D eigenvalue weighted by molar-refractivity contribution is 7.99. The van der Waals surface area contributed by atoms with Crippen LogP contribution in [0, 0.1) is 5.82 Å². The number of nitrogens with zero attached hydrogens (tertiary/aromatic N) is 3. The summed E-state index contributed by atoms with van der Waals surface area (Å²) in [5.41, 5.74) is 0.261. The largest absolute Gasteiger partial charge is 0.459 e. The number of ether oxygens (including phenoxy) is 1. The van der Waals surface area contributed by atoms with Crippen molar-refractivity contribution in [2.75, 3.05) is 5.75 Å². The SMILES string of the molecule is Cn1c(SCC(=O)OC(C)(C)C)nnc1-c1ccc(F)cc1. The van der Waals surface area contributed by atoms with Gasteiger partial charge in [-0.2, -0.15) is 0 Å². The molecule has 0 fully saturated rings. The van der Waals surface area contributed by atoms with Crippen LogP contribution in [0.3, 0.4) is 0 Å². The third kappa shape index (κ3) is 4.30. The van der Waals surface area contributed by atoms with Gasteiger partial charge in [0.05, 0.1) is 5.75 Å². The third-order valence-electron chi connectivity index (χ3n) is 2.68. The molecule has 5 nitrogen and oxygen atoms in total. The first-order valence-corrected chi connectivity index (χ1v) is 7.75. The number of benzene rings is 1. The second kappa shape index (κ2) is 6.48. The predicted octanol–water partition coefficient (Wildman–Crippen LogP) is 3.06. The average molecular weight is 323 g/mol. The molecule has 0 aliphatic rings. The van der Waals surface area contributed by atoms with Crippen molar-refractivity contribution in [1.82, 2.24) is 14.8 Å². The number of hydrogen-bond acceptors (Lipinski definition) is 5. The van der Waals surface area contributed by atoms with E-state index in [9.17, 15) is 9.18 Å². The highest BCUT2D eigenvalue weighted by atomic mass is 32.2. The summed E-state index contributed by atoms with van der Waals surface area (Å²) in [5.74, 6) is 0.174. The minimum absolute atomic E-state index is 0.159. The lowest BCUT2D eigenvalue weighted by Gasteiger charge is -2.19. The van der Waals surface area contributed by atoms with Crippen molar-refractivity contribution in [3.8, 4) is 11.4 Å². The molecule has 1 heterocycles. The number of rotatable bonds is 4. The van der Waals surface area contributed by atoms with E-state index >= 15 is 0 Å². The first kappa shape index (κ1) is 16.5. The number of thioether (sulfide) groups is 1. The van der Waals surface area contributed by atoms with Gasteiger partial charge in [-0.15, -0.1) is 10.2 Å². The van der Waals surface area contributed by atoms with Crippen molar-refractivity contribution in [3.63, 3.8) is 0 Å². The molecule has 1 aromatic carbocycles. The fourth-order valence-electron chi connectivity index (χ4n) is 1.79. The summed E-state index contributed by atoms with van der Waals surface area (Å²) in [5, 5.41) is 8.75. The summed E-state index contributed by atoms with van der Waals surface area (Å²) in [7, 11) is 1.80. The van der Waals surface area contributed by atoms with Gasteiger partial charge in [-0.25, -0.2) is 4.39 Å². The molecule has 118 valence electrons. The Balaban J connectivity index is 2.05. The zero-order valence-electron chi connectivity index (χ0n) is 13.0. The van der Waals surface area contributed by atoms with Crippen LogP contribution in [0.25, 0.3) is 11.4 Å². The topological polar surface area (TPSA) is 57.0 Å². The molecule has 0 atom stereocenters. The van der Waals surface area contributed by atoms with Crippen LogP contribution < -0.4 is 0 Å². The van der Waals surface area contributed by atoms with Crippen LogP contribution in [0.2, 0.25) is 0 Å².